The van der Waals surface area contributed by atoms with Crippen LogP contribution in [0.15, 0.2) is 46.7 Å². The van der Waals surface area contributed by atoms with Gasteiger partial charge in [0.25, 0.3) is 5.91 Å². The quantitative estimate of drug-likeness (QED) is 0.734. The molecule has 0 aliphatic carbocycles. The van der Waals surface area contributed by atoms with E-state index in [1.165, 1.54) is 37.6 Å². The number of anilines is 1. The molecule has 0 saturated carbocycles. The molecule has 27 heavy (non-hydrogen) atoms. The van der Waals surface area contributed by atoms with Gasteiger partial charge in [0.1, 0.15) is 6.04 Å². The van der Waals surface area contributed by atoms with E-state index >= 15 is 0 Å². The van der Waals surface area contributed by atoms with Gasteiger partial charge >= 0.3 is 0 Å². The Morgan fingerprint density at radius 3 is 2.37 bits per heavy atom. The van der Waals surface area contributed by atoms with E-state index < -0.39 is 22.0 Å². The second-order valence-corrected chi connectivity index (χ2v) is 9.58. The molecule has 7 nitrogen and oxygen atoms in total. The predicted octanol–water partition coefficient (Wildman–Crippen LogP) is 2.39. The average Bonchev–Trinajstić information content (AvgIpc) is 3.13. The molecule has 0 fully saturated rings. The van der Waals surface area contributed by atoms with Crippen LogP contribution in [0, 0.1) is 5.92 Å². The third kappa shape index (κ3) is 5.15. The summed E-state index contributed by atoms with van der Waals surface area (Å²) in [5, 5.41) is 7.21. The lowest BCUT2D eigenvalue weighted by Crippen LogP contribution is -2.46. The molecule has 0 spiro atoms. The molecule has 1 heterocycles. The standard InChI is InChI=1S/C18H23N3O4S2/c1-12(2)16(20-17(22)15-9-6-10-26-15)18(23)19-13-7-5-8-14(11-13)27(24,25)21(3)4/h5-12,16H,1-4H3,(H,19,23)(H,20,22)/t16-/m0/s1. The number of carbonyl (C=O) groups is 2. The van der Waals surface area contributed by atoms with Crippen molar-refractivity contribution in [2.24, 2.45) is 5.92 Å². The van der Waals surface area contributed by atoms with Crippen molar-refractivity contribution in [2.75, 3.05) is 19.4 Å². The molecule has 9 heteroatoms. The Morgan fingerprint density at radius 1 is 1.11 bits per heavy atom. The summed E-state index contributed by atoms with van der Waals surface area (Å²) in [5.74, 6) is -0.875. The Bertz CT molecular complexity index is 906. The van der Waals surface area contributed by atoms with E-state index in [1.54, 1.807) is 29.6 Å². The van der Waals surface area contributed by atoms with Crippen molar-refractivity contribution in [3.05, 3.63) is 46.7 Å². The molecule has 146 valence electrons. The summed E-state index contributed by atoms with van der Waals surface area (Å²) in [6.45, 7) is 3.65. The summed E-state index contributed by atoms with van der Waals surface area (Å²) < 4.78 is 25.6. The van der Waals surface area contributed by atoms with E-state index in [1.807, 2.05) is 13.8 Å². The number of hydrogen-bond acceptors (Lipinski definition) is 5. The van der Waals surface area contributed by atoms with Crippen molar-refractivity contribution in [3.8, 4) is 0 Å². The summed E-state index contributed by atoms with van der Waals surface area (Å²) in [6.07, 6.45) is 0. The number of sulfonamides is 1. The second kappa shape index (κ2) is 8.64. The topological polar surface area (TPSA) is 95.6 Å². The van der Waals surface area contributed by atoms with Crippen LogP contribution in [0.1, 0.15) is 23.5 Å². The molecule has 0 aliphatic rings. The predicted molar refractivity (Wildman–Crippen MR) is 106 cm³/mol. The fourth-order valence-electron chi connectivity index (χ4n) is 2.32. The first-order chi connectivity index (χ1) is 12.6. The van der Waals surface area contributed by atoms with Gasteiger partial charge in [-0.05, 0) is 35.6 Å². The summed E-state index contributed by atoms with van der Waals surface area (Å²) in [6, 6.07) is 8.71. The molecule has 0 bridgehead atoms. The van der Waals surface area contributed by atoms with Gasteiger partial charge in [-0.15, -0.1) is 11.3 Å². The summed E-state index contributed by atoms with van der Waals surface area (Å²) in [7, 11) is -0.727. The minimum Gasteiger partial charge on any atom is -0.339 e. The van der Waals surface area contributed by atoms with Gasteiger partial charge in [-0.25, -0.2) is 12.7 Å². The molecule has 0 saturated heterocycles. The Morgan fingerprint density at radius 2 is 1.81 bits per heavy atom. The largest absolute Gasteiger partial charge is 0.339 e. The first-order valence-corrected chi connectivity index (χ1v) is 10.6. The normalized spacial score (nSPS) is 12.8. The molecule has 1 atom stereocenters. The van der Waals surface area contributed by atoms with Gasteiger partial charge in [0.05, 0.1) is 9.77 Å². The van der Waals surface area contributed by atoms with Gasteiger partial charge in [-0.3, -0.25) is 9.59 Å². The van der Waals surface area contributed by atoms with Gasteiger partial charge < -0.3 is 10.6 Å². The fourth-order valence-corrected chi connectivity index (χ4v) is 3.90. The van der Waals surface area contributed by atoms with Crippen LogP contribution in [0.5, 0.6) is 0 Å². The van der Waals surface area contributed by atoms with Crippen molar-refractivity contribution >= 4 is 38.9 Å². The number of rotatable bonds is 7. The third-order valence-corrected chi connectivity index (χ3v) is 6.54. The summed E-state index contributed by atoms with van der Waals surface area (Å²) >= 11 is 1.29. The number of nitrogens with one attached hydrogen (secondary N) is 2. The van der Waals surface area contributed by atoms with Crippen LogP contribution in [0.25, 0.3) is 0 Å². The summed E-state index contributed by atoms with van der Waals surface area (Å²) in [4.78, 5) is 25.5. The van der Waals surface area contributed by atoms with Gasteiger partial charge in [-0.2, -0.15) is 0 Å². The van der Waals surface area contributed by atoms with Crippen molar-refractivity contribution in [3.63, 3.8) is 0 Å². The van der Waals surface area contributed by atoms with Gasteiger partial charge in [0, 0.05) is 19.8 Å². The zero-order valence-electron chi connectivity index (χ0n) is 15.6. The molecule has 2 rings (SSSR count). The van der Waals surface area contributed by atoms with Gasteiger partial charge in [0.2, 0.25) is 15.9 Å². The lowest BCUT2D eigenvalue weighted by atomic mass is 10.0. The van der Waals surface area contributed by atoms with Crippen molar-refractivity contribution in [1.82, 2.24) is 9.62 Å². The molecule has 2 N–H and O–H groups in total. The molecule has 2 amide bonds. The number of hydrogen-bond donors (Lipinski definition) is 2. The van der Waals surface area contributed by atoms with Crippen LogP contribution in [-0.2, 0) is 14.8 Å². The maximum Gasteiger partial charge on any atom is 0.262 e. The lowest BCUT2D eigenvalue weighted by Gasteiger charge is -2.21. The SMILES string of the molecule is CC(C)[C@H](NC(=O)c1cccs1)C(=O)Nc1cccc(S(=O)(=O)N(C)C)c1. The van der Waals surface area contributed by atoms with Crippen LogP contribution in [0.4, 0.5) is 5.69 Å². The highest BCUT2D eigenvalue weighted by molar-refractivity contribution is 7.89. The Labute approximate surface area is 163 Å². The minimum absolute atomic E-state index is 0.0778. The highest BCUT2D eigenvalue weighted by Crippen LogP contribution is 2.19. The first-order valence-electron chi connectivity index (χ1n) is 8.30. The van der Waals surface area contributed by atoms with Crippen LogP contribution in [0.2, 0.25) is 0 Å². The van der Waals surface area contributed by atoms with Crippen molar-refractivity contribution < 1.29 is 18.0 Å². The number of amides is 2. The zero-order chi connectivity index (χ0) is 20.2. The molecule has 1 aromatic heterocycles. The molecule has 2 aromatic rings. The zero-order valence-corrected chi connectivity index (χ0v) is 17.2. The third-order valence-electron chi connectivity index (χ3n) is 3.86. The van der Waals surface area contributed by atoms with Crippen LogP contribution >= 0.6 is 11.3 Å². The molecule has 0 radical (unpaired) electrons. The molecular weight excluding hydrogens is 386 g/mol. The van der Waals surface area contributed by atoms with Crippen molar-refractivity contribution in [1.29, 1.82) is 0 Å². The maximum atomic E-state index is 12.7. The molecular formula is C18H23N3O4S2. The smallest absolute Gasteiger partial charge is 0.262 e. The second-order valence-electron chi connectivity index (χ2n) is 6.48. The van der Waals surface area contributed by atoms with Crippen molar-refractivity contribution in [2.45, 2.75) is 24.8 Å². The Kier molecular flexibility index (Phi) is 6.74. The lowest BCUT2D eigenvalue weighted by molar-refractivity contribution is -0.118. The van der Waals surface area contributed by atoms with Crippen LogP contribution in [0.3, 0.4) is 0 Å². The minimum atomic E-state index is -3.61. The number of carbonyl (C=O) groups excluding carboxylic acids is 2. The Balaban J connectivity index is 2.17. The fraction of sp³-hybridized carbons (Fsp3) is 0.333. The average molecular weight is 410 g/mol. The Hall–Kier alpha value is -2.23. The van der Waals surface area contributed by atoms with Gasteiger partial charge in [-0.1, -0.05) is 26.0 Å². The molecule has 0 unspecified atom stereocenters. The monoisotopic (exact) mass is 409 g/mol. The summed E-state index contributed by atoms with van der Waals surface area (Å²) in [5.41, 5.74) is 0.346. The van der Waals surface area contributed by atoms with E-state index in [-0.39, 0.29) is 16.7 Å². The molecule has 1 aromatic carbocycles. The van der Waals surface area contributed by atoms with E-state index in [9.17, 15) is 18.0 Å². The van der Waals surface area contributed by atoms with Crippen LogP contribution < -0.4 is 10.6 Å². The van der Waals surface area contributed by atoms with Crippen LogP contribution in [-0.4, -0.2) is 44.7 Å². The maximum absolute atomic E-state index is 12.7. The highest BCUT2D eigenvalue weighted by Gasteiger charge is 2.25. The van der Waals surface area contributed by atoms with E-state index in [0.29, 0.717) is 10.6 Å². The number of nitrogens with zero attached hydrogens (tertiary/aromatic N) is 1. The molecule has 0 aliphatic heterocycles. The van der Waals surface area contributed by atoms with E-state index in [0.717, 1.165) is 4.31 Å². The van der Waals surface area contributed by atoms with Gasteiger partial charge in [0.15, 0.2) is 0 Å². The van der Waals surface area contributed by atoms with E-state index in [2.05, 4.69) is 10.6 Å². The number of thiophene rings is 1. The highest BCUT2D eigenvalue weighted by atomic mass is 32.2. The van der Waals surface area contributed by atoms with E-state index in [4.69, 9.17) is 0 Å². The number of benzene rings is 1. The first kappa shape index (κ1) is 21.1.